The monoisotopic (exact) mass is 332 g/mol. The number of benzene rings is 2. The second-order valence-electron chi connectivity index (χ2n) is 6.04. The zero-order chi connectivity index (χ0) is 16.5. The maximum Gasteiger partial charge on any atom is 0.256 e. The van der Waals surface area contributed by atoms with Crippen molar-refractivity contribution in [1.82, 2.24) is 0 Å². The van der Waals surface area contributed by atoms with Crippen LogP contribution in [0.5, 0.6) is 0 Å². The maximum absolute atomic E-state index is 12.6. The fraction of sp³-hybridized carbons (Fsp3) is 0.200. The van der Waals surface area contributed by atoms with Crippen LogP contribution in [0.1, 0.15) is 39.2 Å². The van der Waals surface area contributed by atoms with E-state index < -0.39 is 0 Å². The molecule has 0 fully saturated rings. The molecule has 0 unspecified atom stereocenters. The van der Waals surface area contributed by atoms with Crippen molar-refractivity contribution in [2.45, 2.75) is 25.7 Å². The summed E-state index contributed by atoms with van der Waals surface area (Å²) in [5.74, 6) is -0.157. The molecule has 1 heterocycles. The van der Waals surface area contributed by atoms with E-state index in [9.17, 15) is 10.1 Å². The van der Waals surface area contributed by atoms with Gasteiger partial charge in [-0.3, -0.25) is 4.79 Å². The van der Waals surface area contributed by atoms with E-state index in [1.54, 1.807) is 11.3 Å². The number of hydrogen-bond acceptors (Lipinski definition) is 3. The first-order valence-electron chi connectivity index (χ1n) is 8.11. The van der Waals surface area contributed by atoms with Gasteiger partial charge < -0.3 is 5.32 Å². The molecule has 1 aliphatic carbocycles. The van der Waals surface area contributed by atoms with Crippen molar-refractivity contribution in [1.29, 1.82) is 5.26 Å². The Kier molecular flexibility index (Phi) is 3.79. The first kappa shape index (κ1) is 14.9. The van der Waals surface area contributed by atoms with Gasteiger partial charge in [0, 0.05) is 10.4 Å². The van der Waals surface area contributed by atoms with Crippen molar-refractivity contribution in [2.75, 3.05) is 5.32 Å². The molecular formula is C20H16N2OS. The normalized spacial score (nSPS) is 13.3. The number of hydrogen-bond donors (Lipinski definition) is 1. The molecule has 24 heavy (non-hydrogen) atoms. The number of nitriles is 1. The largest absolute Gasteiger partial charge is 0.312 e. The maximum atomic E-state index is 12.6. The van der Waals surface area contributed by atoms with Crippen molar-refractivity contribution < 1.29 is 4.79 Å². The Balaban J connectivity index is 1.66. The smallest absolute Gasteiger partial charge is 0.256 e. The minimum absolute atomic E-state index is 0.157. The summed E-state index contributed by atoms with van der Waals surface area (Å²) in [4.78, 5) is 13.9. The Bertz CT molecular complexity index is 981. The lowest BCUT2D eigenvalue weighted by Crippen LogP contribution is -2.11. The predicted molar refractivity (Wildman–Crippen MR) is 97.6 cm³/mol. The topological polar surface area (TPSA) is 52.9 Å². The summed E-state index contributed by atoms with van der Waals surface area (Å²) in [6.45, 7) is 0. The molecular weight excluding hydrogens is 316 g/mol. The third-order valence-electron chi connectivity index (χ3n) is 4.52. The van der Waals surface area contributed by atoms with E-state index in [-0.39, 0.29) is 5.91 Å². The fourth-order valence-corrected chi connectivity index (χ4v) is 4.51. The number of nitrogens with one attached hydrogen (secondary N) is 1. The molecule has 1 amide bonds. The third-order valence-corrected chi connectivity index (χ3v) is 5.73. The van der Waals surface area contributed by atoms with Crippen molar-refractivity contribution in [3.8, 4) is 6.07 Å². The van der Waals surface area contributed by atoms with E-state index in [4.69, 9.17) is 0 Å². The van der Waals surface area contributed by atoms with Gasteiger partial charge >= 0.3 is 0 Å². The fourth-order valence-electron chi connectivity index (χ4n) is 3.28. The molecule has 0 saturated heterocycles. The predicted octanol–water partition coefficient (Wildman–Crippen LogP) is 4.90. The number of thiophene rings is 1. The van der Waals surface area contributed by atoms with Gasteiger partial charge in [0.15, 0.2) is 0 Å². The van der Waals surface area contributed by atoms with Gasteiger partial charge in [-0.15, -0.1) is 11.3 Å². The number of nitrogens with zero attached hydrogens (tertiary/aromatic N) is 1. The highest BCUT2D eigenvalue weighted by Gasteiger charge is 2.22. The molecule has 0 atom stereocenters. The average molecular weight is 332 g/mol. The minimum atomic E-state index is -0.157. The molecule has 1 aromatic heterocycles. The number of amides is 1. The summed E-state index contributed by atoms with van der Waals surface area (Å²) in [7, 11) is 0. The van der Waals surface area contributed by atoms with Crippen LogP contribution < -0.4 is 5.32 Å². The Morgan fingerprint density at radius 3 is 2.71 bits per heavy atom. The van der Waals surface area contributed by atoms with Gasteiger partial charge in [0.2, 0.25) is 0 Å². The van der Waals surface area contributed by atoms with E-state index in [1.807, 2.05) is 42.5 Å². The van der Waals surface area contributed by atoms with Crippen LogP contribution in [0.4, 0.5) is 5.00 Å². The molecule has 3 nitrogen and oxygen atoms in total. The summed E-state index contributed by atoms with van der Waals surface area (Å²) in [6.07, 6.45) is 4.24. The SMILES string of the molecule is N#Cc1c(NC(=O)c2ccc3ccccc3c2)sc2c1CCCC2. The van der Waals surface area contributed by atoms with E-state index >= 15 is 0 Å². The quantitative estimate of drug-likeness (QED) is 0.725. The molecule has 4 heteroatoms. The van der Waals surface area contributed by atoms with Crippen molar-refractivity contribution in [2.24, 2.45) is 0 Å². The van der Waals surface area contributed by atoms with Crippen molar-refractivity contribution >= 4 is 33.0 Å². The van der Waals surface area contributed by atoms with Gasteiger partial charge in [-0.2, -0.15) is 5.26 Å². The van der Waals surface area contributed by atoms with E-state index in [0.29, 0.717) is 16.1 Å². The lowest BCUT2D eigenvalue weighted by molar-refractivity contribution is 0.102. The standard InChI is InChI=1S/C20H16N2OS/c21-12-17-16-7-3-4-8-18(16)24-20(17)22-19(23)15-10-9-13-5-1-2-6-14(13)11-15/h1-2,5-6,9-11H,3-4,7-8H2,(H,22,23). The highest BCUT2D eigenvalue weighted by Crippen LogP contribution is 2.37. The summed E-state index contributed by atoms with van der Waals surface area (Å²) in [5, 5.41) is 15.3. The molecule has 118 valence electrons. The van der Waals surface area contributed by atoms with Crippen LogP contribution in [0.3, 0.4) is 0 Å². The number of rotatable bonds is 2. The van der Waals surface area contributed by atoms with Gasteiger partial charge in [-0.25, -0.2) is 0 Å². The average Bonchev–Trinajstić information content (AvgIpc) is 2.98. The van der Waals surface area contributed by atoms with Crippen LogP contribution >= 0.6 is 11.3 Å². The summed E-state index contributed by atoms with van der Waals surface area (Å²) < 4.78 is 0. The van der Waals surface area contributed by atoms with Crippen LogP contribution in [0, 0.1) is 11.3 Å². The lowest BCUT2D eigenvalue weighted by Gasteiger charge is -2.09. The van der Waals surface area contributed by atoms with Crippen molar-refractivity contribution in [3.63, 3.8) is 0 Å². The van der Waals surface area contributed by atoms with Crippen LogP contribution in [0.2, 0.25) is 0 Å². The van der Waals surface area contributed by atoms with Gasteiger partial charge in [0.05, 0.1) is 5.56 Å². The lowest BCUT2D eigenvalue weighted by atomic mass is 9.96. The van der Waals surface area contributed by atoms with Crippen molar-refractivity contribution in [3.05, 3.63) is 64.0 Å². The summed E-state index contributed by atoms with van der Waals surface area (Å²) in [6, 6.07) is 15.9. The molecule has 0 saturated carbocycles. The van der Waals surface area contributed by atoms with Crippen LogP contribution in [-0.2, 0) is 12.8 Å². The van der Waals surface area contributed by atoms with Gasteiger partial charge in [0.1, 0.15) is 11.1 Å². The number of aryl methyl sites for hydroxylation is 1. The summed E-state index contributed by atoms with van der Waals surface area (Å²) in [5.41, 5.74) is 2.41. The third kappa shape index (κ3) is 2.57. The molecule has 2 aromatic carbocycles. The van der Waals surface area contributed by atoms with Crippen LogP contribution in [0.25, 0.3) is 10.8 Å². The van der Waals surface area contributed by atoms with Gasteiger partial charge in [-0.05, 0) is 54.2 Å². The van der Waals surface area contributed by atoms with E-state index in [0.717, 1.165) is 42.0 Å². The van der Waals surface area contributed by atoms with Crippen LogP contribution in [-0.4, -0.2) is 5.91 Å². The Morgan fingerprint density at radius 1 is 1.08 bits per heavy atom. The Labute approximate surface area is 144 Å². The molecule has 0 bridgehead atoms. The van der Waals surface area contributed by atoms with Gasteiger partial charge in [0.25, 0.3) is 5.91 Å². The molecule has 1 aliphatic rings. The van der Waals surface area contributed by atoms with E-state index in [1.165, 1.54) is 4.88 Å². The summed E-state index contributed by atoms with van der Waals surface area (Å²) >= 11 is 1.56. The zero-order valence-corrected chi connectivity index (χ0v) is 14.0. The molecule has 0 aliphatic heterocycles. The second kappa shape index (κ2) is 6.10. The number of carbonyl (C=O) groups is 1. The first-order chi connectivity index (χ1) is 11.8. The second-order valence-corrected chi connectivity index (χ2v) is 7.15. The molecule has 4 rings (SSSR count). The van der Waals surface area contributed by atoms with E-state index in [2.05, 4.69) is 11.4 Å². The number of carbonyl (C=O) groups excluding carboxylic acids is 1. The molecule has 3 aromatic rings. The Morgan fingerprint density at radius 2 is 1.88 bits per heavy atom. The highest BCUT2D eigenvalue weighted by molar-refractivity contribution is 7.16. The molecule has 0 spiro atoms. The first-order valence-corrected chi connectivity index (χ1v) is 8.92. The molecule has 0 radical (unpaired) electrons. The number of anilines is 1. The number of fused-ring (bicyclic) bond motifs is 2. The van der Waals surface area contributed by atoms with Gasteiger partial charge in [-0.1, -0.05) is 30.3 Å². The van der Waals surface area contributed by atoms with Crippen LogP contribution in [0.15, 0.2) is 42.5 Å². The minimum Gasteiger partial charge on any atom is -0.312 e. The molecule has 1 N–H and O–H groups in total. The highest BCUT2D eigenvalue weighted by atomic mass is 32.1. The zero-order valence-electron chi connectivity index (χ0n) is 13.1. The Hall–Kier alpha value is -2.64.